The molecule has 164 valence electrons. The highest BCUT2D eigenvalue weighted by Gasteiger charge is 2.33. The predicted molar refractivity (Wildman–Crippen MR) is 119 cm³/mol. The number of nitrogens with one attached hydrogen (secondary N) is 2. The van der Waals surface area contributed by atoms with E-state index in [1.807, 2.05) is 38.1 Å². The summed E-state index contributed by atoms with van der Waals surface area (Å²) in [5.41, 5.74) is 1.39. The lowest BCUT2D eigenvalue weighted by molar-refractivity contribution is 0.106. The molecule has 1 aromatic rings. The molecule has 0 radical (unpaired) electrons. The first-order chi connectivity index (χ1) is 14.1. The molecule has 0 saturated heterocycles. The maximum Gasteiger partial charge on any atom is 0.191 e. The summed E-state index contributed by atoms with van der Waals surface area (Å²) in [6.45, 7) is 9.92. The van der Waals surface area contributed by atoms with Crippen LogP contribution in [0.15, 0.2) is 29.3 Å². The van der Waals surface area contributed by atoms with E-state index < -0.39 is 6.10 Å². The minimum absolute atomic E-state index is 0.244. The van der Waals surface area contributed by atoms with Gasteiger partial charge in [0, 0.05) is 32.8 Å². The minimum Gasteiger partial charge on any atom is -0.491 e. The highest BCUT2D eigenvalue weighted by Crippen LogP contribution is 2.41. The number of rotatable bonds is 12. The lowest BCUT2D eigenvalue weighted by atomic mass is 9.83. The smallest absolute Gasteiger partial charge is 0.191 e. The molecule has 1 saturated carbocycles. The molecule has 1 aromatic carbocycles. The first-order valence-corrected chi connectivity index (χ1v) is 11.0. The quantitative estimate of drug-likeness (QED) is 0.283. The van der Waals surface area contributed by atoms with Crippen LogP contribution in [0.5, 0.6) is 5.75 Å². The van der Waals surface area contributed by atoms with Crippen molar-refractivity contribution in [3.8, 4) is 5.75 Å². The largest absolute Gasteiger partial charge is 0.491 e. The van der Waals surface area contributed by atoms with Crippen molar-refractivity contribution in [1.82, 2.24) is 10.6 Å². The maximum absolute atomic E-state index is 10.3. The third-order valence-electron chi connectivity index (χ3n) is 5.50. The zero-order chi connectivity index (χ0) is 21.0. The van der Waals surface area contributed by atoms with E-state index >= 15 is 0 Å². The van der Waals surface area contributed by atoms with Crippen molar-refractivity contribution >= 4 is 5.96 Å². The number of hydrogen-bond acceptors (Lipinski definition) is 4. The number of aliphatic hydroxyl groups excluding tert-OH is 1. The van der Waals surface area contributed by atoms with Gasteiger partial charge in [-0.2, -0.15) is 0 Å². The summed E-state index contributed by atoms with van der Waals surface area (Å²) in [5, 5.41) is 16.8. The average molecular weight is 406 g/mol. The van der Waals surface area contributed by atoms with Crippen LogP contribution in [0.1, 0.15) is 51.5 Å². The predicted octanol–water partition coefficient (Wildman–Crippen LogP) is 3.28. The molecule has 0 aliphatic heterocycles. The zero-order valence-electron chi connectivity index (χ0n) is 18.4. The summed E-state index contributed by atoms with van der Waals surface area (Å²) >= 11 is 0. The fraction of sp³-hybridized carbons (Fsp3) is 0.696. The SMILES string of the molecule is CCNC(=NCC1(CCOCC)CCCC1)NCC(O)COc1cccc(C)c1. The molecule has 6 nitrogen and oxygen atoms in total. The highest BCUT2D eigenvalue weighted by molar-refractivity contribution is 5.79. The number of hydrogen-bond donors (Lipinski definition) is 3. The van der Waals surface area contributed by atoms with Gasteiger partial charge in [0.15, 0.2) is 5.96 Å². The number of nitrogens with zero attached hydrogens (tertiary/aromatic N) is 1. The van der Waals surface area contributed by atoms with Gasteiger partial charge in [-0.25, -0.2) is 0 Å². The highest BCUT2D eigenvalue weighted by atomic mass is 16.5. The number of aliphatic imine (C=N–C) groups is 1. The molecule has 0 spiro atoms. The Morgan fingerprint density at radius 1 is 1.24 bits per heavy atom. The molecule has 3 N–H and O–H groups in total. The Labute approximate surface area is 176 Å². The van der Waals surface area contributed by atoms with Gasteiger partial charge >= 0.3 is 0 Å². The van der Waals surface area contributed by atoms with E-state index in [0.29, 0.717) is 6.54 Å². The Balaban J connectivity index is 1.82. The van der Waals surface area contributed by atoms with Crippen molar-refractivity contribution in [2.75, 3.05) is 39.5 Å². The van der Waals surface area contributed by atoms with Crippen molar-refractivity contribution in [2.24, 2.45) is 10.4 Å². The fourth-order valence-corrected chi connectivity index (χ4v) is 3.80. The Hall–Kier alpha value is -1.79. The summed E-state index contributed by atoms with van der Waals surface area (Å²) in [6, 6.07) is 7.85. The van der Waals surface area contributed by atoms with Crippen LogP contribution in [0.2, 0.25) is 0 Å². The molecule has 0 aromatic heterocycles. The van der Waals surface area contributed by atoms with Crippen LogP contribution in [0, 0.1) is 12.3 Å². The number of guanidine groups is 1. The third kappa shape index (κ3) is 8.62. The molecular weight excluding hydrogens is 366 g/mol. The van der Waals surface area contributed by atoms with Gasteiger partial charge in [-0.05, 0) is 63.1 Å². The lowest BCUT2D eigenvalue weighted by Crippen LogP contribution is -2.43. The van der Waals surface area contributed by atoms with Crippen LogP contribution in [-0.2, 0) is 4.74 Å². The van der Waals surface area contributed by atoms with Crippen LogP contribution >= 0.6 is 0 Å². The molecule has 0 heterocycles. The van der Waals surface area contributed by atoms with Crippen LogP contribution in [0.3, 0.4) is 0 Å². The van der Waals surface area contributed by atoms with Crippen molar-refractivity contribution in [3.63, 3.8) is 0 Å². The van der Waals surface area contributed by atoms with Gasteiger partial charge in [0.2, 0.25) is 0 Å². The monoisotopic (exact) mass is 405 g/mol. The third-order valence-corrected chi connectivity index (χ3v) is 5.50. The van der Waals surface area contributed by atoms with Gasteiger partial charge in [-0.15, -0.1) is 0 Å². The van der Waals surface area contributed by atoms with Crippen molar-refractivity contribution in [3.05, 3.63) is 29.8 Å². The molecule has 0 bridgehead atoms. The number of ether oxygens (including phenoxy) is 2. The van der Waals surface area contributed by atoms with Gasteiger partial charge in [0.1, 0.15) is 18.5 Å². The first kappa shape index (κ1) is 23.5. The summed E-state index contributed by atoms with van der Waals surface area (Å²) in [6.07, 6.45) is 5.45. The number of benzene rings is 1. The van der Waals surface area contributed by atoms with E-state index in [1.54, 1.807) is 0 Å². The Kier molecular flexibility index (Phi) is 10.3. The van der Waals surface area contributed by atoms with E-state index in [0.717, 1.165) is 50.0 Å². The van der Waals surface area contributed by atoms with Gasteiger partial charge < -0.3 is 25.2 Å². The van der Waals surface area contributed by atoms with E-state index in [9.17, 15) is 5.11 Å². The average Bonchev–Trinajstić information content (AvgIpc) is 3.18. The van der Waals surface area contributed by atoms with Gasteiger partial charge in [-0.1, -0.05) is 25.0 Å². The molecular formula is C23H39N3O3. The Morgan fingerprint density at radius 2 is 2.03 bits per heavy atom. The molecule has 1 aliphatic rings. The molecule has 1 aliphatic carbocycles. The molecule has 6 heteroatoms. The summed E-state index contributed by atoms with van der Waals surface area (Å²) < 4.78 is 11.3. The molecule has 0 amide bonds. The normalized spacial score (nSPS) is 17.2. The molecule has 1 atom stereocenters. The molecule has 29 heavy (non-hydrogen) atoms. The van der Waals surface area contributed by atoms with Crippen LogP contribution in [-0.4, -0.2) is 56.6 Å². The lowest BCUT2D eigenvalue weighted by Gasteiger charge is -2.27. The second kappa shape index (κ2) is 12.7. The molecule has 1 fully saturated rings. The topological polar surface area (TPSA) is 75.1 Å². The maximum atomic E-state index is 10.3. The van der Waals surface area contributed by atoms with Gasteiger partial charge in [0.05, 0.1) is 0 Å². The Morgan fingerprint density at radius 3 is 2.72 bits per heavy atom. The minimum atomic E-state index is -0.613. The van der Waals surface area contributed by atoms with E-state index in [-0.39, 0.29) is 12.0 Å². The summed E-state index contributed by atoms with van der Waals surface area (Å²) in [4.78, 5) is 4.84. The zero-order valence-corrected chi connectivity index (χ0v) is 18.4. The van der Waals surface area contributed by atoms with Crippen LogP contribution in [0.25, 0.3) is 0 Å². The standard InChI is InChI=1S/C23H39N3O3/c1-4-24-22(26-18-23(11-6-7-12-23)13-14-28-5-2)25-16-20(27)17-29-21-10-8-9-19(3)15-21/h8-10,15,20,27H,4-7,11-14,16-18H2,1-3H3,(H2,24,25,26). The summed E-state index contributed by atoms with van der Waals surface area (Å²) in [7, 11) is 0. The summed E-state index contributed by atoms with van der Waals surface area (Å²) in [5.74, 6) is 1.53. The van der Waals surface area contributed by atoms with E-state index in [4.69, 9.17) is 14.5 Å². The van der Waals surface area contributed by atoms with Gasteiger partial charge in [-0.3, -0.25) is 4.99 Å². The van der Waals surface area contributed by atoms with Crippen molar-refractivity contribution < 1.29 is 14.6 Å². The fourth-order valence-electron chi connectivity index (χ4n) is 3.80. The number of aliphatic hydroxyl groups is 1. The van der Waals surface area contributed by atoms with E-state index in [2.05, 4.69) is 17.6 Å². The van der Waals surface area contributed by atoms with Crippen molar-refractivity contribution in [1.29, 1.82) is 0 Å². The second-order valence-electron chi connectivity index (χ2n) is 8.01. The van der Waals surface area contributed by atoms with E-state index in [1.165, 1.54) is 25.7 Å². The number of aryl methyl sites for hydroxylation is 1. The van der Waals surface area contributed by atoms with Crippen molar-refractivity contribution in [2.45, 2.75) is 59.0 Å². The van der Waals surface area contributed by atoms with Crippen LogP contribution in [0.4, 0.5) is 0 Å². The Bertz CT molecular complexity index is 615. The second-order valence-corrected chi connectivity index (χ2v) is 8.01. The van der Waals surface area contributed by atoms with Gasteiger partial charge in [0.25, 0.3) is 0 Å². The first-order valence-electron chi connectivity index (χ1n) is 11.0. The molecule has 1 unspecified atom stereocenters. The molecule has 2 rings (SSSR count). The van der Waals surface area contributed by atoms with Crippen LogP contribution < -0.4 is 15.4 Å².